The number of aliphatic hydroxyl groups is 1. The van der Waals surface area contributed by atoms with Gasteiger partial charge in [0.05, 0.1) is 11.4 Å². The summed E-state index contributed by atoms with van der Waals surface area (Å²) in [7, 11) is 0. The second kappa shape index (κ2) is 5.08. The summed E-state index contributed by atoms with van der Waals surface area (Å²) in [5.74, 6) is -2.78. The highest BCUT2D eigenvalue weighted by molar-refractivity contribution is 7.18. The van der Waals surface area contributed by atoms with Crippen LogP contribution in [0.3, 0.4) is 0 Å². The van der Waals surface area contributed by atoms with Crippen molar-refractivity contribution >= 4 is 27.2 Å². The number of hydrogen-bond donors (Lipinski definition) is 1. The van der Waals surface area contributed by atoms with Crippen molar-refractivity contribution < 1.29 is 13.9 Å². The lowest BCUT2D eigenvalue weighted by Gasteiger charge is -2.42. The van der Waals surface area contributed by atoms with E-state index in [2.05, 4.69) is 9.97 Å². The van der Waals surface area contributed by atoms with E-state index < -0.39 is 24.4 Å². The van der Waals surface area contributed by atoms with Crippen molar-refractivity contribution in [3.63, 3.8) is 0 Å². The standard InChI is InChI=1S/C19H15F2N3OS/c1-11-8-24-5-4-12(7-16(24)22-11)14-3-2-13-6-15(26-17(13)23-14)18(25)9-19(20,21)10-18/h2-8,25H,9-10H2,1H3. The fourth-order valence-corrected chi connectivity index (χ4v) is 4.67. The molecule has 5 rings (SSSR count). The first-order chi connectivity index (χ1) is 12.3. The Labute approximate surface area is 151 Å². The average molecular weight is 371 g/mol. The quantitative estimate of drug-likeness (QED) is 0.563. The summed E-state index contributed by atoms with van der Waals surface area (Å²) in [4.78, 5) is 10.4. The summed E-state index contributed by atoms with van der Waals surface area (Å²) in [5, 5.41) is 11.3. The molecular formula is C19H15F2N3OS. The maximum absolute atomic E-state index is 13.2. The fourth-order valence-electron chi connectivity index (χ4n) is 3.55. The van der Waals surface area contributed by atoms with E-state index in [-0.39, 0.29) is 0 Å². The van der Waals surface area contributed by atoms with Crippen molar-refractivity contribution in [2.45, 2.75) is 31.3 Å². The number of aryl methyl sites for hydroxylation is 1. The molecule has 1 aliphatic carbocycles. The smallest absolute Gasteiger partial charge is 0.254 e. The molecule has 0 radical (unpaired) electrons. The molecule has 0 amide bonds. The zero-order chi connectivity index (χ0) is 18.1. The number of thiophene rings is 1. The van der Waals surface area contributed by atoms with Crippen LogP contribution in [0.15, 0.2) is 42.7 Å². The highest BCUT2D eigenvalue weighted by Crippen LogP contribution is 2.53. The molecule has 26 heavy (non-hydrogen) atoms. The molecule has 4 aromatic rings. The van der Waals surface area contributed by atoms with Gasteiger partial charge in [0, 0.05) is 41.1 Å². The summed E-state index contributed by atoms with van der Waals surface area (Å²) < 4.78 is 28.4. The van der Waals surface area contributed by atoms with E-state index in [1.165, 1.54) is 11.3 Å². The molecule has 1 aliphatic rings. The molecule has 0 aliphatic heterocycles. The van der Waals surface area contributed by atoms with Gasteiger partial charge >= 0.3 is 0 Å². The first kappa shape index (κ1) is 15.8. The maximum atomic E-state index is 13.2. The molecule has 0 unspecified atom stereocenters. The molecule has 0 bridgehead atoms. The molecule has 0 saturated heterocycles. The second-order valence-corrected chi connectivity index (χ2v) is 8.04. The molecule has 7 heteroatoms. The van der Waals surface area contributed by atoms with Crippen molar-refractivity contribution in [1.29, 1.82) is 0 Å². The minimum absolute atomic E-state index is 0.518. The molecule has 1 fully saturated rings. The SMILES string of the molecule is Cc1cn2ccc(-c3ccc4cc(C5(O)CC(F)(F)C5)sc4n3)cc2n1. The van der Waals surface area contributed by atoms with Gasteiger partial charge in [0.1, 0.15) is 16.1 Å². The average Bonchev–Trinajstić information content (AvgIpc) is 3.13. The van der Waals surface area contributed by atoms with Crippen molar-refractivity contribution in [3.8, 4) is 11.3 Å². The monoisotopic (exact) mass is 371 g/mol. The van der Waals surface area contributed by atoms with E-state index in [1.807, 2.05) is 48.0 Å². The van der Waals surface area contributed by atoms with Crippen LogP contribution in [0, 0.1) is 6.92 Å². The number of hydrogen-bond acceptors (Lipinski definition) is 4. The number of imidazole rings is 1. The molecular weight excluding hydrogens is 356 g/mol. The summed E-state index contributed by atoms with van der Waals surface area (Å²) in [6, 6.07) is 9.53. The topological polar surface area (TPSA) is 50.4 Å². The van der Waals surface area contributed by atoms with E-state index in [1.54, 1.807) is 6.07 Å². The van der Waals surface area contributed by atoms with E-state index in [0.29, 0.717) is 4.88 Å². The predicted octanol–water partition coefficient (Wildman–Crippen LogP) is 4.54. The third kappa shape index (κ3) is 2.42. The van der Waals surface area contributed by atoms with Gasteiger partial charge in [-0.3, -0.25) is 0 Å². The molecule has 1 N–H and O–H groups in total. The third-order valence-electron chi connectivity index (χ3n) is 4.82. The molecule has 4 nitrogen and oxygen atoms in total. The molecule has 0 spiro atoms. The van der Waals surface area contributed by atoms with E-state index in [9.17, 15) is 13.9 Å². The molecule has 0 atom stereocenters. The maximum Gasteiger partial charge on any atom is 0.254 e. The van der Waals surface area contributed by atoms with Crippen molar-refractivity contribution in [2.75, 3.05) is 0 Å². The van der Waals surface area contributed by atoms with Gasteiger partial charge in [-0.15, -0.1) is 11.3 Å². The van der Waals surface area contributed by atoms with Gasteiger partial charge in [0.2, 0.25) is 0 Å². The largest absolute Gasteiger partial charge is 0.384 e. The third-order valence-corrected chi connectivity index (χ3v) is 6.06. The van der Waals surface area contributed by atoms with Crippen molar-refractivity contribution in [1.82, 2.24) is 14.4 Å². The summed E-state index contributed by atoms with van der Waals surface area (Å²) in [6.45, 7) is 1.94. The van der Waals surface area contributed by atoms with Gasteiger partial charge in [-0.1, -0.05) is 0 Å². The van der Waals surface area contributed by atoms with Gasteiger partial charge in [0.15, 0.2) is 0 Å². The predicted molar refractivity (Wildman–Crippen MR) is 96.6 cm³/mol. The number of pyridine rings is 2. The number of aromatic nitrogens is 3. The number of fused-ring (bicyclic) bond motifs is 2. The van der Waals surface area contributed by atoms with Crippen LogP contribution in [0.4, 0.5) is 8.78 Å². The fraction of sp³-hybridized carbons (Fsp3) is 0.263. The minimum Gasteiger partial charge on any atom is -0.384 e. The van der Waals surface area contributed by atoms with E-state index in [0.717, 1.165) is 32.8 Å². The van der Waals surface area contributed by atoms with Crippen LogP contribution in [0.5, 0.6) is 0 Å². The highest BCUT2D eigenvalue weighted by Gasteiger charge is 2.57. The van der Waals surface area contributed by atoms with Crippen LogP contribution in [-0.4, -0.2) is 25.4 Å². The second-order valence-electron chi connectivity index (χ2n) is 7.01. The molecule has 4 aromatic heterocycles. The number of alkyl halides is 2. The Bertz CT molecular complexity index is 1160. The Balaban J connectivity index is 1.55. The first-order valence-corrected chi connectivity index (χ1v) is 9.10. The van der Waals surface area contributed by atoms with Gasteiger partial charge in [-0.2, -0.15) is 0 Å². The Morgan fingerprint density at radius 3 is 2.73 bits per heavy atom. The Hall–Kier alpha value is -2.38. The zero-order valence-electron chi connectivity index (χ0n) is 13.9. The molecule has 1 saturated carbocycles. The van der Waals surface area contributed by atoms with Crippen molar-refractivity contribution in [3.05, 3.63) is 53.3 Å². The highest BCUT2D eigenvalue weighted by atomic mass is 32.1. The van der Waals surface area contributed by atoms with Crippen LogP contribution in [0.25, 0.3) is 27.1 Å². The normalized spacial score (nSPS) is 18.3. The lowest BCUT2D eigenvalue weighted by molar-refractivity contribution is -0.208. The van der Waals surface area contributed by atoms with Crippen LogP contribution < -0.4 is 0 Å². The number of nitrogens with zero attached hydrogens (tertiary/aromatic N) is 3. The lowest BCUT2D eigenvalue weighted by Crippen LogP contribution is -2.48. The first-order valence-electron chi connectivity index (χ1n) is 8.28. The van der Waals surface area contributed by atoms with Crippen LogP contribution in [-0.2, 0) is 5.60 Å². The van der Waals surface area contributed by atoms with E-state index >= 15 is 0 Å². The number of halogens is 2. The van der Waals surface area contributed by atoms with Gasteiger partial charge in [0.25, 0.3) is 5.92 Å². The molecule has 4 heterocycles. The molecule has 132 valence electrons. The van der Waals surface area contributed by atoms with Gasteiger partial charge in [-0.25, -0.2) is 18.7 Å². The summed E-state index contributed by atoms with van der Waals surface area (Å²) in [6.07, 6.45) is 2.86. The van der Waals surface area contributed by atoms with Gasteiger partial charge in [-0.05, 0) is 37.3 Å². The summed E-state index contributed by atoms with van der Waals surface area (Å²) >= 11 is 1.28. The van der Waals surface area contributed by atoms with Crippen LogP contribution in [0.1, 0.15) is 23.4 Å². The minimum atomic E-state index is -2.78. The van der Waals surface area contributed by atoms with E-state index in [4.69, 9.17) is 0 Å². The number of rotatable bonds is 2. The lowest BCUT2D eigenvalue weighted by atomic mass is 9.75. The van der Waals surface area contributed by atoms with Crippen molar-refractivity contribution in [2.24, 2.45) is 0 Å². The van der Waals surface area contributed by atoms with Crippen LogP contribution in [0.2, 0.25) is 0 Å². The van der Waals surface area contributed by atoms with Crippen LogP contribution >= 0.6 is 11.3 Å². The summed E-state index contributed by atoms with van der Waals surface area (Å²) in [5.41, 5.74) is 2.09. The Morgan fingerprint density at radius 1 is 1.15 bits per heavy atom. The zero-order valence-corrected chi connectivity index (χ0v) is 14.7. The molecule has 0 aromatic carbocycles. The Kier molecular flexibility index (Phi) is 3.10. The Morgan fingerprint density at radius 2 is 1.96 bits per heavy atom. The van der Waals surface area contributed by atoms with Gasteiger partial charge < -0.3 is 9.51 Å².